The topological polar surface area (TPSA) is 37.8 Å². The average molecular weight is 382 g/mol. The summed E-state index contributed by atoms with van der Waals surface area (Å²) in [7, 11) is 0. The molecule has 0 spiro atoms. The summed E-state index contributed by atoms with van der Waals surface area (Å²) in [5, 5.41) is 3.08. The Labute approximate surface area is 151 Å². The maximum absolute atomic E-state index is 13.2. The van der Waals surface area contributed by atoms with Crippen LogP contribution in [0.2, 0.25) is 5.02 Å². The van der Waals surface area contributed by atoms with Crippen LogP contribution in [-0.4, -0.2) is 9.97 Å². The van der Waals surface area contributed by atoms with Crippen molar-refractivity contribution in [2.24, 2.45) is 0 Å². The summed E-state index contributed by atoms with van der Waals surface area (Å²) in [5.74, 6) is 0.0412. The summed E-state index contributed by atoms with van der Waals surface area (Å²) < 4.78 is 39.7. The number of hydrogen-bond acceptors (Lipinski definition) is 4. The second-order valence-electron chi connectivity index (χ2n) is 4.93. The van der Waals surface area contributed by atoms with Gasteiger partial charge in [-0.2, -0.15) is 13.2 Å². The summed E-state index contributed by atoms with van der Waals surface area (Å²) in [6.45, 7) is 0. The minimum atomic E-state index is -4.54. The maximum Gasteiger partial charge on any atom is 0.420 e. The van der Waals surface area contributed by atoms with Crippen LogP contribution in [0.25, 0.3) is 0 Å². The van der Waals surface area contributed by atoms with Crippen molar-refractivity contribution in [1.29, 1.82) is 0 Å². The summed E-state index contributed by atoms with van der Waals surface area (Å²) in [6, 6.07) is 15.6. The number of nitrogens with zero attached hydrogens (tertiary/aromatic N) is 2. The molecule has 1 N–H and O–H groups in total. The van der Waals surface area contributed by atoms with Crippen LogP contribution in [-0.2, 0) is 6.18 Å². The van der Waals surface area contributed by atoms with E-state index < -0.39 is 11.7 Å². The standard InChI is InChI=1S/C17H11ClF3N3S/c18-13-8-4-5-9-14(13)23-16-22-10-12(17(19,20)21)15(24-16)25-11-6-2-1-3-7-11/h1-10H,(H,22,23,24). The largest absolute Gasteiger partial charge is 0.420 e. The van der Waals surface area contributed by atoms with Gasteiger partial charge < -0.3 is 5.32 Å². The van der Waals surface area contributed by atoms with Crippen molar-refractivity contribution >= 4 is 35.0 Å². The zero-order valence-electron chi connectivity index (χ0n) is 12.6. The molecule has 25 heavy (non-hydrogen) atoms. The predicted octanol–water partition coefficient (Wildman–Crippen LogP) is 6.04. The van der Waals surface area contributed by atoms with E-state index in [2.05, 4.69) is 15.3 Å². The highest BCUT2D eigenvalue weighted by molar-refractivity contribution is 7.99. The first-order chi connectivity index (χ1) is 11.9. The van der Waals surface area contributed by atoms with Crippen molar-refractivity contribution in [2.45, 2.75) is 16.1 Å². The minimum Gasteiger partial charge on any atom is -0.323 e. The molecule has 0 aliphatic carbocycles. The van der Waals surface area contributed by atoms with E-state index in [1.807, 2.05) is 0 Å². The van der Waals surface area contributed by atoms with Crippen molar-refractivity contribution in [1.82, 2.24) is 9.97 Å². The Morgan fingerprint density at radius 1 is 0.960 bits per heavy atom. The Kier molecular flexibility index (Phi) is 5.15. The zero-order valence-corrected chi connectivity index (χ0v) is 14.2. The third-order valence-electron chi connectivity index (χ3n) is 3.14. The smallest absolute Gasteiger partial charge is 0.323 e. The number of aromatic nitrogens is 2. The van der Waals surface area contributed by atoms with Crippen molar-refractivity contribution in [3.8, 4) is 0 Å². The second-order valence-corrected chi connectivity index (χ2v) is 6.40. The van der Waals surface area contributed by atoms with Gasteiger partial charge in [0.1, 0.15) is 10.6 Å². The fourth-order valence-corrected chi connectivity index (χ4v) is 3.09. The molecule has 0 amide bonds. The lowest BCUT2D eigenvalue weighted by molar-refractivity contribution is -0.140. The molecule has 8 heteroatoms. The Balaban J connectivity index is 1.96. The quantitative estimate of drug-likeness (QED) is 0.559. The molecule has 3 rings (SSSR count). The van der Waals surface area contributed by atoms with Gasteiger partial charge in [0.05, 0.1) is 10.7 Å². The van der Waals surface area contributed by atoms with E-state index in [1.54, 1.807) is 54.6 Å². The fourth-order valence-electron chi connectivity index (χ4n) is 1.98. The van der Waals surface area contributed by atoms with E-state index in [-0.39, 0.29) is 11.0 Å². The lowest BCUT2D eigenvalue weighted by atomic mass is 10.3. The normalized spacial score (nSPS) is 11.4. The minimum absolute atomic E-state index is 0.0412. The first-order valence-electron chi connectivity index (χ1n) is 7.12. The molecule has 0 saturated heterocycles. The van der Waals surface area contributed by atoms with E-state index in [0.717, 1.165) is 18.0 Å². The van der Waals surface area contributed by atoms with Gasteiger partial charge in [-0.25, -0.2) is 9.97 Å². The molecule has 128 valence electrons. The Hall–Kier alpha value is -2.25. The van der Waals surface area contributed by atoms with Gasteiger partial charge in [-0.15, -0.1) is 0 Å². The average Bonchev–Trinajstić information content (AvgIpc) is 2.57. The SMILES string of the molecule is FC(F)(F)c1cnc(Nc2ccccc2Cl)nc1Sc1ccccc1. The third-order valence-corrected chi connectivity index (χ3v) is 4.48. The number of anilines is 2. The molecule has 0 bridgehead atoms. The molecule has 0 aliphatic heterocycles. The Morgan fingerprint density at radius 3 is 2.32 bits per heavy atom. The van der Waals surface area contributed by atoms with Crippen LogP contribution in [0.15, 0.2) is 70.7 Å². The van der Waals surface area contributed by atoms with Gasteiger partial charge in [-0.1, -0.05) is 53.7 Å². The predicted molar refractivity (Wildman–Crippen MR) is 92.3 cm³/mol. The molecule has 0 saturated carbocycles. The highest BCUT2D eigenvalue weighted by Crippen LogP contribution is 2.38. The van der Waals surface area contributed by atoms with Crippen LogP contribution in [0.1, 0.15) is 5.56 Å². The van der Waals surface area contributed by atoms with Gasteiger partial charge >= 0.3 is 6.18 Å². The van der Waals surface area contributed by atoms with Gasteiger partial charge in [0, 0.05) is 11.1 Å². The van der Waals surface area contributed by atoms with Crippen LogP contribution in [0, 0.1) is 0 Å². The number of hydrogen-bond donors (Lipinski definition) is 1. The molecular weight excluding hydrogens is 371 g/mol. The summed E-state index contributed by atoms with van der Waals surface area (Å²) >= 11 is 6.97. The van der Waals surface area contributed by atoms with Gasteiger partial charge in [-0.3, -0.25) is 0 Å². The number of halogens is 4. The molecule has 0 atom stereocenters. The molecule has 0 unspecified atom stereocenters. The van der Waals surface area contributed by atoms with Crippen molar-refractivity contribution in [3.63, 3.8) is 0 Å². The van der Waals surface area contributed by atoms with Crippen molar-refractivity contribution in [3.05, 3.63) is 71.4 Å². The van der Waals surface area contributed by atoms with E-state index in [9.17, 15) is 13.2 Å². The van der Waals surface area contributed by atoms with E-state index in [0.29, 0.717) is 15.6 Å². The van der Waals surface area contributed by atoms with Gasteiger partial charge in [-0.05, 0) is 24.3 Å². The Bertz CT molecular complexity index is 873. The molecule has 0 fully saturated rings. The van der Waals surface area contributed by atoms with Gasteiger partial charge in [0.2, 0.25) is 5.95 Å². The molecule has 0 aliphatic rings. The highest BCUT2D eigenvalue weighted by atomic mass is 35.5. The monoisotopic (exact) mass is 381 g/mol. The number of benzene rings is 2. The molecular formula is C17H11ClF3N3S. The van der Waals surface area contributed by atoms with E-state index in [1.165, 1.54) is 0 Å². The zero-order chi connectivity index (χ0) is 17.9. The molecule has 1 heterocycles. The van der Waals surface area contributed by atoms with Crippen molar-refractivity contribution in [2.75, 3.05) is 5.32 Å². The van der Waals surface area contributed by atoms with Crippen LogP contribution < -0.4 is 5.32 Å². The molecule has 2 aromatic carbocycles. The lowest BCUT2D eigenvalue weighted by Crippen LogP contribution is -2.10. The van der Waals surface area contributed by atoms with Crippen molar-refractivity contribution < 1.29 is 13.2 Å². The van der Waals surface area contributed by atoms with Crippen LogP contribution in [0.3, 0.4) is 0 Å². The second kappa shape index (κ2) is 7.33. The van der Waals surface area contributed by atoms with Crippen LogP contribution in [0.4, 0.5) is 24.8 Å². The maximum atomic E-state index is 13.2. The molecule has 3 aromatic rings. The molecule has 1 aromatic heterocycles. The first-order valence-corrected chi connectivity index (χ1v) is 8.31. The number of rotatable bonds is 4. The first kappa shape index (κ1) is 17.6. The lowest BCUT2D eigenvalue weighted by Gasteiger charge is -2.13. The Morgan fingerprint density at radius 2 is 1.64 bits per heavy atom. The summed E-state index contributed by atoms with van der Waals surface area (Å²) in [5.41, 5.74) is -0.370. The highest BCUT2D eigenvalue weighted by Gasteiger charge is 2.35. The fraction of sp³-hybridized carbons (Fsp3) is 0.0588. The van der Waals surface area contributed by atoms with Gasteiger partial charge in [0.15, 0.2) is 0 Å². The van der Waals surface area contributed by atoms with E-state index in [4.69, 9.17) is 11.6 Å². The number of alkyl halides is 3. The molecule has 0 radical (unpaired) electrons. The summed E-state index contributed by atoms with van der Waals surface area (Å²) in [4.78, 5) is 8.45. The van der Waals surface area contributed by atoms with Crippen LogP contribution >= 0.6 is 23.4 Å². The number of para-hydroxylation sites is 1. The summed E-state index contributed by atoms with van der Waals surface area (Å²) in [6.07, 6.45) is -3.77. The number of nitrogens with one attached hydrogen (secondary N) is 1. The molecule has 3 nitrogen and oxygen atoms in total. The van der Waals surface area contributed by atoms with Gasteiger partial charge in [0.25, 0.3) is 0 Å². The van der Waals surface area contributed by atoms with E-state index >= 15 is 0 Å². The third kappa shape index (κ3) is 4.43. The van der Waals surface area contributed by atoms with Crippen LogP contribution in [0.5, 0.6) is 0 Å².